The lowest BCUT2D eigenvalue weighted by molar-refractivity contribution is -0.160. The Balaban J connectivity index is 1.43. The molecular formula is C21H28N2O5. The van der Waals surface area contributed by atoms with E-state index in [4.69, 9.17) is 4.74 Å². The van der Waals surface area contributed by atoms with E-state index in [2.05, 4.69) is 0 Å². The summed E-state index contributed by atoms with van der Waals surface area (Å²) >= 11 is 0. The second-order valence-electron chi connectivity index (χ2n) is 7.73. The van der Waals surface area contributed by atoms with Gasteiger partial charge in [-0.05, 0) is 37.0 Å². The van der Waals surface area contributed by atoms with E-state index in [0.29, 0.717) is 51.9 Å². The van der Waals surface area contributed by atoms with E-state index in [1.165, 1.54) is 0 Å². The highest BCUT2D eigenvalue weighted by Gasteiger charge is 2.46. The molecule has 1 aliphatic heterocycles. The minimum atomic E-state index is -0.862. The number of rotatable bonds is 7. The number of carbonyl (C=O) groups is 3. The van der Waals surface area contributed by atoms with Crippen molar-refractivity contribution in [2.45, 2.75) is 38.5 Å². The first-order valence-electron chi connectivity index (χ1n) is 9.85. The zero-order chi connectivity index (χ0) is 20.1. The first-order valence-corrected chi connectivity index (χ1v) is 9.85. The summed E-state index contributed by atoms with van der Waals surface area (Å²) in [4.78, 5) is 39.9. The molecule has 0 unspecified atom stereocenters. The van der Waals surface area contributed by atoms with Crippen LogP contribution in [0.15, 0.2) is 24.3 Å². The van der Waals surface area contributed by atoms with Crippen LogP contribution in [0.2, 0.25) is 0 Å². The highest BCUT2D eigenvalue weighted by atomic mass is 16.5. The van der Waals surface area contributed by atoms with E-state index >= 15 is 0 Å². The van der Waals surface area contributed by atoms with Gasteiger partial charge in [0.2, 0.25) is 11.8 Å². The molecular weight excluding hydrogens is 360 g/mol. The van der Waals surface area contributed by atoms with Gasteiger partial charge >= 0.3 is 5.97 Å². The SMILES string of the molecule is COc1ccc(CCC(=O)N2CCN(C(=O)CC3(C(=O)O)CCC3)CC2)cc1. The Morgan fingerprint density at radius 2 is 1.57 bits per heavy atom. The molecule has 2 aliphatic rings. The van der Waals surface area contributed by atoms with Crippen LogP contribution in [0.4, 0.5) is 0 Å². The summed E-state index contributed by atoms with van der Waals surface area (Å²) in [5.74, 6) is -0.0850. The molecule has 1 heterocycles. The maximum Gasteiger partial charge on any atom is 0.310 e. The van der Waals surface area contributed by atoms with Crippen molar-refractivity contribution in [2.24, 2.45) is 5.41 Å². The van der Waals surface area contributed by atoms with Gasteiger partial charge in [-0.1, -0.05) is 18.6 Å². The average Bonchev–Trinajstić information content (AvgIpc) is 2.69. The molecule has 1 saturated carbocycles. The van der Waals surface area contributed by atoms with Gasteiger partial charge in [-0.25, -0.2) is 0 Å². The third kappa shape index (κ3) is 4.46. The third-order valence-electron chi connectivity index (χ3n) is 6.03. The van der Waals surface area contributed by atoms with Crippen LogP contribution in [0.3, 0.4) is 0 Å². The zero-order valence-electron chi connectivity index (χ0n) is 16.4. The Morgan fingerprint density at radius 3 is 2.04 bits per heavy atom. The number of carbonyl (C=O) groups excluding carboxylic acids is 2. The third-order valence-corrected chi connectivity index (χ3v) is 6.03. The second-order valence-corrected chi connectivity index (χ2v) is 7.73. The van der Waals surface area contributed by atoms with Crippen LogP contribution in [0.5, 0.6) is 5.75 Å². The minimum absolute atomic E-state index is 0.0771. The van der Waals surface area contributed by atoms with Crippen molar-refractivity contribution in [2.75, 3.05) is 33.3 Å². The fourth-order valence-corrected chi connectivity index (χ4v) is 3.88. The van der Waals surface area contributed by atoms with Crippen LogP contribution >= 0.6 is 0 Å². The predicted molar refractivity (Wildman–Crippen MR) is 103 cm³/mol. The Kier molecular flexibility index (Phi) is 6.21. The van der Waals surface area contributed by atoms with Crippen molar-refractivity contribution in [3.05, 3.63) is 29.8 Å². The topological polar surface area (TPSA) is 87.2 Å². The summed E-state index contributed by atoms with van der Waals surface area (Å²) in [6.07, 6.45) is 3.21. The van der Waals surface area contributed by atoms with Crippen molar-refractivity contribution in [1.82, 2.24) is 9.80 Å². The molecule has 152 valence electrons. The van der Waals surface area contributed by atoms with Gasteiger partial charge in [0.15, 0.2) is 0 Å². The largest absolute Gasteiger partial charge is 0.497 e. The highest BCUT2D eigenvalue weighted by Crippen LogP contribution is 2.44. The van der Waals surface area contributed by atoms with Crippen LogP contribution in [-0.4, -0.2) is 66.0 Å². The number of benzene rings is 1. The number of aryl methyl sites for hydroxylation is 1. The maximum atomic E-state index is 12.5. The summed E-state index contributed by atoms with van der Waals surface area (Å²) in [5.41, 5.74) is 0.227. The number of aliphatic carboxylic acids is 1. The van der Waals surface area contributed by atoms with Crippen LogP contribution in [-0.2, 0) is 20.8 Å². The molecule has 2 fully saturated rings. The molecule has 1 aliphatic carbocycles. The molecule has 7 heteroatoms. The fraction of sp³-hybridized carbons (Fsp3) is 0.571. The maximum absolute atomic E-state index is 12.5. The zero-order valence-corrected chi connectivity index (χ0v) is 16.4. The van der Waals surface area contributed by atoms with E-state index in [-0.39, 0.29) is 18.2 Å². The molecule has 0 spiro atoms. The van der Waals surface area contributed by atoms with Gasteiger partial charge in [0.25, 0.3) is 0 Å². The summed E-state index contributed by atoms with van der Waals surface area (Å²) in [6.45, 7) is 1.96. The van der Waals surface area contributed by atoms with Crippen molar-refractivity contribution < 1.29 is 24.2 Å². The van der Waals surface area contributed by atoms with E-state index in [0.717, 1.165) is 17.7 Å². The number of hydrogen-bond donors (Lipinski definition) is 1. The van der Waals surface area contributed by atoms with Crippen LogP contribution in [0.25, 0.3) is 0 Å². The molecule has 28 heavy (non-hydrogen) atoms. The molecule has 0 bridgehead atoms. The fourth-order valence-electron chi connectivity index (χ4n) is 3.88. The lowest BCUT2D eigenvalue weighted by Gasteiger charge is -2.40. The van der Waals surface area contributed by atoms with Crippen molar-refractivity contribution in [3.63, 3.8) is 0 Å². The number of carboxylic acids is 1. The van der Waals surface area contributed by atoms with Crippen LogP contribution < -0.4 is 4.74 Å². The average molecular weight is 388 g/mol. The highest BCUT2D eigenvalue weighted by molar-refractivity contribution is 5.86. The predicted octanol–water partition coefficient (Wildman–Crippen LogP) is 1.94. The van der Waals surface area contributed by atoms with Gasteiger partial charge in [0.05, 0.1) is 12.5 Å². The summed E-state index contributed by atoms with van der Waals surface area (Å²) in [5, 5.41) is 9.40. The lowest BCUT2D eigenvalue weighted by atomic mass is 9.66. The van der Waals surface area contributed by atoms with Gasteiger partial charge in [-0.3, -0.25) is 14.4 Å². The molecule has 2 amide bonds. The Labute approximate surface area is 165 Å². The molecule has 0 aromatic heterocycles. The summed E-state index contributed by atoms with van der Waals surface area (Å²) in [7, 11) is 1.62. The molecule has 0 atom stereocenters. The van der Waals surface area contributed by atoms with Crippen LogP contribution in [0.1, 0.15) is 37.7 Å². The van der Waals surface area contributed by atoms with E-state index in [1.54, 1.807) is 16.9 Å². The minimum Gasteiger partial charge on any atom is -0.497 e. The number of nitrogens with zero attached hydrogens (tertiary/aromatic N) is 2. The Bertz CT molecular complexity index is 719. The number of amides is 2. The normalized spacial score (nSPS) is 18.3. The first-order chi connectivity index (χ1) is 13.4. The molecule has 1 N–H and O–H groups in total. The molecule has 3 rings (SSSR count). The number of piperazine rings is 1. The molecule has 1 aromatic carbocycles. The standard InChI is InChI=1S/C21H28N2O5/c1-28-17-6-3-16(4-7-17)5-8-18(24)22-11-13-23(14-12-22)19(25)15-21(20(26)27)9-2-10-21/h3-4,6-7H,2,5,8-15H2,1H3,(H,26,27). The van der Waals surface area contributed by atoms with Gasteiger partial charge in [-0.15, -0.1) is 0 Å². The van der Waals surface area contributed by atoms with E-state index in [9.17, 15) is 19.5 Å². The van der Waals surface area contributed by atoms with Crippen LogP contribution in [0, 0.1) is 5.41 Å². The first kappa shape index (κ1) is 20.2. The van der Waals surface area contributed by atoms with Crippen molar-refractivity contribution in [1.29, 1.82) is 0 Å². The molecule has 1 aromatic rings. The van der Waals surface area contributed by atoms with E-state index < -0.39 is 11.4 Å². The second kappa shape index (κ2) is 8.63. The van der Waals surface area contributed by atoms with Crippen molar-refractivity contribution >= 4 is 17.8 Å². The Hall–Kier alpha value is -2.57. The summed E-state index contributed by atoms with van der Waals surface area (Å²) < 4.78 is 5.13. The summed E-state index contributed by atoms with van der Waals surface area (Å²) in [6, 6.07) is 7.69. The van der Waals surface area contributed by atoms with Gasteiger partial charge in [0, 0.05) is 39.0 Å². The number of carboxylic acid groups (broad SMARTS) is 1. The van der Waals surface area contributed by atoms with Crippen molar-refractivity contribution in [3.8, 4) is 5.75 Å². The molecule has 0 radical (unpaired) electrons. The number of hydrogen-bond acceptors (Lipinski definition) is 4. The van der Waals surface area contributed by atoms with Gasteiger partial charge < -0.3 is 19.6 Å². The Morgan fingerprint density at radius 1 is 1.00 bits per heavy atom. The monoisotopic (exact) mass is 388 g/mol. The molecule has 1 saturated heterocycles. The van der Waals surface area contributed by atoms with Gasteiger partial charge in [-0.2, -0.15) is 0 Å². The lowest BCUT2D eigenvalue weighted by Crippen LogP contribution is -2.52. The van der Waals surface area contributed by atoms with E-state index in [1.807, 2.05) is 24.3 Å². The van der Waals surface area contributed by atoms with Gasteiger partial charge in [0.1, 0.15) is 5.75 Å². The smallest absolute Gasteiger partial charge is 0.310 e. The number of methoxy groups -OCH3 is 1. The molecule has 7 nitrogen and oxygen atoms in total. The quantitative estimate of drug-likeness (QED) is 0.771. The number of ether oxygens (including phenoxy) is 1.